The molecule has 0 amide bonds. The fourth-order valence-electron chi connectivity index (χ4n) is 4.50. The van der Waals surface area contributed by atoms with E-state index in [1.807, 2.05) is 36.9 Å². The molecule has 30 heavy (non-hydrogen) atoms. The standard InChI is InChI=1S/C26H17N3S/c1-16-14-24(29-23-13-7-6-12-22(23)28-26(29)21(16)15-27)30-25-19-10-4-2-8-17(19)18-9-3-5-11-20(18)25/h2-14,25H,1H3. The SMILES string of the molecule is Cc1cc(SC2c3ccccc3-c3ccccc32)n2c(nc3ccccc32)c1C#N. The van der Waals surface area contributed by atoms with Gasteiger partial charge in [-0.2, -0.15) is 5.26 Å². The number of aromatic nitrogens is 2. The number of para-hydroxylation sites is 2. The van der Waals surface area contributed by atoms with Gasteiger partial charge < -0.3 is 0 Å². The molecule has 0 unspecified atom stereocenters. The average molecular weight is 404 g/mol. The second-order valence-corrected chi connectivity index (χ2v) is 8.71. The van der Waals surface area contributed by atoms with Crippen molar-refractivity contribution in [2.45, 2.75) is 17.2 Å². The Kier molecular flexibility index (Phi) is 3.74. The lowest BCUT2D eigenvalue weighted by Gasteiger charge is -2.16. The normalized spacial score (nSPS) is 12.8. The first-order valence-electron chi connectivity index (χ1n) is 9.92. The Bertz CT molecular complexity index is 1460. The Morgan fingerprint density at radius 2 is 1.53 bits per heavy atom. The molecule has 2 heterocycles. The molecule has 0 spiro atoms. The molecule has 6 rings (SSSR count). The van der Waals surface area contributed by atoms with Crippen LogP contribution in [0.1, 0.15) is 27.5 Å². The fraction of sp³-hybridized carbons (Fsp3) is 0.0769. The van der Waals surface area contributed by atoms with Crippen LogP contribution in [0, 0.1) is 18.3 Å². The van der Waals surface area contributed by atoms with Gasteiger partial charge in [0.25, 0.3) is 0 Å². The van der Waals surface area contributed by atoms with E-state index in [0.29, 0.717) is 5.56 Å². The van der Waals surface area contributed by atoms with Crippen LogP contribution in [0.5, 0.6) is 0 Å². The summed E-state index contributed by atoms with van der Waals surface area (Å²) in [6.07, 6.45) is 0. The van der Waals surface area contributed by atoms with Gasteiger partial charge in [-0.25, -0.2) is 4.98 Å². The molecule has 3 aromatic carbocycles. The Labute approximate surface area is 178 Å². The van der Waals surface area contributed by atoms with E-state index in [1.165, 1.54) is 22.3 Å². The van der Waals surface area contributed by atoms with Crippen LogP contribution in [0.4, 0.5) is 0 Å². The summed E-state index contributed by atoms with van der Waals surface area (Å²) >= 11 is 1.83. The van der Waals surface area contributed by atoms with Gasteiger partial charge in [0, 0.05) is 0 Å². The highest BCUT2D eigenvalue weighted by Gasteiger charge is 2.30. The van der Waals surface area contributed by atoms with Crippen molar-refractivity contribution in [3.8, 4) is 17.2 Å². The van der Waals surface area contributed by atoms with Crippen LogP contribution in [0.15, 0.2) is 83.9 Å². The molecule has 1 aliphatic rings. The van der Waals surface area contributed by atoms with Gasteiger partial charge in [0.1, 0.15) is 6.07 Å². The molecule has 0 bridgehead atoms. The number of nitrogens with zero attached hydrogens (tertiary/aromatic N) is 3. The van der Waals surface area contributed by atoms with Crippen LogP contribution in [-0.2, 0) is 0 Å². The molecular formula is C26H17N3S. The minimum absolute atomic E-state index is 0.203. The van der Waals surface area contributed by atoms with Gasteiger partial charge in [-0.05, 0) is 52.9 Å². The van der Waals surface area contributed by atoms with Gasteiger partial charge in [0.2, 0.25) is 0 Å². The summed E-state index contributed by atoms with van der Waals surface area (Å²) in [6.45, 7) is 2.00. The lowest BCUT2D eigenvalue weighted by Crippen LogP contribution is -1.99. The number of hydrogen-bond acceptors (Lipinski definition) is 3. The molecular weight excluding hydrogens is 386 g/mol. The van der Waals surface area contributed by atoms with Crippen molar-refractivity contribution in [2.75, 3.05) is 0 Å². The zero-order valence-corrected chi connectivity index (χ0v) is 17.1. The summed E-state index contributed by atoms with van der Waals surface area (Å²) in [7, 11) is 0. The summed E-state index contributed by atoms with van der Waals surface area (Å²) in [5.41, 5.74) is 9.57. The maximum Gasteiger partial charge on any atom is 0.157 e. The zero-order valence-electron chi connectivity index (χ0n) is 16.3. The van der Waals surface area contributed by atoms with E-state index in [-0.39, 0.29) is 5.25 Å². The van der Waals surface area contributed by atoms with E-state index in [2.05, 4.69) is 71.1 Å². The van der Waals surface area contributed by atoms with Crippen LogP contribution in [0.25, 0.3) is 27.8 Å². The van der Waals surface area contributed by atoms with Gasteiger partial charge in [0.05, 0.1) is 26.9 Å². The number of fused-ring (bicyclic) bond motifs is 6. The molecule has 0 aliphatic heterocycles. The lowest BCUT2D eigenvalue weighted by atomic mass is 10.1. The number of rotatable bonds is 2. The van der Waals surface area contributed by atoms with Gasteiger partial charge in [-0.15, -0.1) is 0 Å². The molecule has 0 saturated heterocycles. The van der Waals surface area contributed by atoms with Crippen molar-refractivity contribution in [3.05, 3.63) is 101 Å². The summed E-state index contributed by atoms with van der Waals surface area (Å²) in [5.74, 6) is 0. The Morgan fingerprint density at radius 3 is 2.23 bits per heavy atom. The highest BCUT2D eigenvalue weighted by Crippen LogP contribution is 2.52. The smallest absolute Gasteiger partial charge is 0.157 e. The molecule has 0 N–H and O–H groups in total. The topological polar surface area (TPSA) is 41.1 Å². The number of pyridine rings is 1. The molecule has 1 aliphatic carbocycles. The van der Waals surface area contributed by atoms with Crippen molar-refractivity contribution in [1.29, 1.82) is 5.26 Å². The van der Waals surface area contributed by atoms with E-state index in [1.54, 1.807) is 0 Å². The Balaban J connectivity index is 1.61. The molecule has 5 aromatic rings. The minimum Gasteiger partial charge on any atom is -0.286 e. The fourth-order valence-corrected chi connectivity index (χ4v) is 5.94. The van der Waals surface area contributed by atoms with E-state index >= 15 is 0 Å². The number of aryl methyl sites for hydroxylation is 1. The zero-order chi connectivity index (χ0) is 20.2. The second-order valence-electron chi connectivity index (χ2n) is 7.58. The Morgan fingerprint density at radius 1 is 0.900 bits per heavy atom. The van der Waals surface area contributed by atoms with Crippen molar-refractivity contribution in [3.63, 3.8) is 0 Å². The molecule has 142 valence electrons. The second kappa shape index (κ2) is 6.48. The van der Waals surface area contributed by atoms with Crippen LogP contribution in [0.3, 0.4) is 0 Å². The minimum atomic E-state index is 0.203. The average Bonchev–Trinajstić information content (AvgIpc) is 3.31. The summed E-state index contributed by atoms with van der Waals surface area (Å²) < 4.78 is 2.15. The predicted octanol–water partition coefficient (Wildman–Crippen LogP) is 6.53. The van der Waals surface area contributed by atoms with Crippen molar-refractivity contribution >= 4 is 28.4 Å². The number of benzene rings is 3. The highest BCUT2D eigenvalue weighted by atomic mass is 32.2. The van der Waals surface area contributed by atoms with Gasteiger partial charge in [-0.3, -0.25) is 4.40 Å². The number of nitriles is 1. The molecule has 4 heteroatoms. The summed E-state index contributed by atoms with van der Waals surface area (Å²) in [5, 5.41) is 11.1. The maximum absolute atomic E-state index is 9.77. The van der Waals surface area contributed by atoms with Crippen LogP contribution >= 0.6 is 11.8 Å². The van der Waals surface area contributed by atoms with Crippen LogP contribution < -0.4 is 0 Å². The Hall–Kier alpha value is -3.55. The van der Waals surface area contributed by atoms with E-state index in [4.69, 9.17) is 4.98 Å². The van der Waals surface area contributed by atoms with E-state index in [0.717, 1.165) is 27.3 Å². The van der Waals surface area contributed by atoms with Gasteiger partial charge in [0.15, 0.2) is 5.65 Å². The molecule has 2 aromatic heterocycles. The third-order valence-corrected chi connectivity index (χ3v) is 7.15. The number of hydrogen-bond donors (Lipinski definition) is 0. The van der Waals surface area contributed by atoms with E-state index < -0.39 is 0 Å². The third kappa shape index (κ3) is 2.36. The first-order chi connectivity index (χ1) is 14.8. The maximum atomic E-state index is 9.77. The molecule has 0 atom stereocenters. The van der Waals surface area contributed by atoms with Crippen molar-refractivity contribution in [1.82, 2.24) is 9.38 Å². The molecule has 0 radical (unpaired) electrons. The predicted molar refractivity (Wildman–Crippen MR) is 122 cm³/mol. The third-order valence-electron chi connectivity index (χ3n) is 5.87. The van der Waals surface area contributed by atoms with Gasteiger partial charge in [-0.1, -0.05) is 72.4 Å². The molecule has 3 nitrogen and oxygen atoms in total. The van der Waals surface area contributed by atoms with Gasteiger partial charge >= 0.3 is 0 Å². The first kappa shape index (κ1) is 17.3. The number of imidazole rings is 1. The summed E-state index contributed by atoms with van der Waals surface area (Å²) in [4.78, 5) is 4.80. The molecule has 0 saturated carbocycles. The van der Waals surface area contributed by atoms with E-state index in [9.17, 15) is 5.26 Å². The largest absolute Gasteiger partial charge is 0.286 e. The summed E-state index contributed by atoms with van der Waals surface area (Å²) in [6, 6.07) is 29.9. The number of thioether (sulfide) groups is 1. The first-order valence-corrected chi connectivity index (χ1v) is 10.8. The van der Waals surface area contributed by atoms with Crippen LogP contribution in [0.2, 0.25) is 0 Å². The quantitative estimate of drug-likeness (QED) is 0.336. The lowest BCUT2D eigenvalue weighted by molar-refractivity contribution is 1.03. The monoisotopic (exact) mass is 403 g/mol. The van der Waals surface area contributed by atoms with Crippen LogP contribution in [-0.4, -0.2) is 9.38 Å². The van der Waals surface area contributed by atoms with Crippen molar-refractivity contribution in [2.24, 2.45) is 0 Å². The van der Waals surface area contributed by atoms with Crippen molar-refractivity contribution < 1.29 is 0 Å². The molecule has 0 fully saturated rings. The highest BCUT2D eigenvalue weighted by molar-refractivity contribution is 7.99.